The van der Waals surface area contributed by atoms with Crippen LogP contribution in [0.15, 0.2) is 6.20 Å². The molecule has 0 fully saturated rings. The van der Waals surface area contributed by atoms with Crippen molar-refractivity contribution in [1.29, 1.82) is 0 Å². The SMILES string of the molecule is CC(C)(N)CCC(=O)NCc1cn(CC(=O)O)nn1. The molecule has 1 aromatic rings. The first-order valence-electron chi connectivity index (χ1n) is 5.93. The highest BCUT2D eigenvalue weighted by molar-refractivity contribution is 5.75. The number of rotatable bonds is 7. The first-order chi connectivity index (χ1) is 8.76. The number of hydrogen-bond acceptors (Lipinski definition) is 5. The molecule has 1 aromatic heterocycles. The van der Waals surface area contributed by atoms with Crippen molar-refractivity contribution in [2.24, 2.45) is 5.73 Å². The molecule has 0 aliphatic carbocycles. The smallest absolute Gasteiger partial charge is 0.325 e. The topological polar surface area (TPSA) is 123 Å². The molecule has 1 amide bonds. The van der Waals surface area contributed by atoms with E-state index in [2.05, 4.69) is 15.6 Å². The zero-order valence-electron chi connectivity index (χ0n) is 11.1. The first kappa shape index (κ1) is 15.1. The molecule has 8 heteroatoms. The first-order valence-corrected chi connectivity index (χ1v) is 5.93. The number of aromatic nitrogens is 3. The number of hydrogen-bond donors (Lipinski definition) is 3. The lowest BCUT2D eigenvalue weighted by Gasteiger charge is -2.17. The van der Waals surface area contributed by atoms with Crippen LogP contribution in [0.4, 0.5) is 0 Å². The second-order valence-corrected chi connectivity index (χ2v) is 5.07. The van der Waals surface area contributed by atoms with E-state index in [1.165, 1.54) is 10.9 Å². The Bertz CT molecular complexity index is 449. The van der Waals surface area contributed by atoms with Crippen LogP contribution in [0.1, 0.15) is 32.4 Å². The number of carbonyl (C=O) groups is 2. The van der Waals surface area contributed by atoms with Gasteiger partial charge in [-0.3, -0.25) is 9.59 Å². The van der Waals surface area contributed by atoms with Crippen LogP contribution in [0, 0.1) is 0 Å². The number of amides is 1. The minimum atomic E-state index is -0.995. The number of nitrogens with two attached hydrogens (primary N) is 1. The van der Waals surface area contributed by atoms with Gasteiger partial charge in [0.25, 0.3) is 0 Å². The predicted octanol–water partition coefficient (Wildman–Crippen LogP) is -0.504. The standard InChI is InChI=1S/C11H19N5O3/c1-11(2,12)4-3-9(17)13-5-8-6-16(15-14-8)7-10(18)19/h6H,3-5,7,12H2,1-2H3,(H,13,17)(H,18,19). The van der Waals surface area contributed by atoms with Crippen LogP contribution in [0.25, 0.3) is 0 Å². The van der Waals surface area contributed by atoms with Crippen molar-refractivity contribution >= 4 is 11.9 Å². The lowest BCUT2D eigenvalue weighted by Crippen LogP contribution is -2.34. The number of nitrogens with one attached hydrogen (secondary N) is 1. The van der Waals surface area contributed by atoms with Gasteiger partial charge in [-0.05, 0) is 20.3 Å². The molecule has 1 rings (SSSR count). The molecule has 4 N–H and O–H groups in total. The molecule has 1 heterocycles. The minimum Gasteiger partial charge on any atom is -0.480 e. The number of carboxylic acid groups (broad SMARTS) is 1. The maximum Gasteiger partial charge on any atom is 0.325 e. The number of aliphatic carboxylic acids is 1. The van der Waals surface area contributed by atoms with Crippen LogP contribution in [-0.2, 0) is 22.7 Å². The summed E-state index contributed by atoms with van der Waals surface area (Å²) in [4.78, 5) is 22.0. The Hall–Kier alpha value is -1.96. The highest BCUT2D eigenvalue weighted by Gasteiger charge is 2.13. The van der Waals surface area contributed by atoms with Crippen molar-refractivity contribution in [2.45, 2.75) is 45.3 Å². The molecule has 19 heavy (non-hydrogen) atoms. The third-order valence-electron chi connectivity index (χ3n) is 2.35. The third-order valence-corrected chi connectivity index (χ3v) is 2.35. The quantitative estimate of drug-likeness (QED) is 0.613. The van der Waals surface area contributed by atoms with Crippen molar-refractivity contribution in [2.75, 3.05) is 0 Å². The lowest BCUT2D eigenvalue weighted by molar-refractivity contribution is -0.138. The summed E-state index contributed by atoms with van der Waals surface area (Å²) >= 11 is 0. The summed E-state index contributed by atoms with van der Waals surface area (Å²) in [7, 11) is 0. The molecular formula is C11H19N5O3. The van der Waals surface area contributed by atoms with Gasteiger partial charge in [-0.15, -0.1) is 5.10 Å². The summed E-state index contributed by atoms with van der Waals surface area (Å²) in [6, 6.07) is 0. The summed E-state index contributed by atoms with van der Waals surface area (Å²) in [6.07, 6.45) is 2.42. The van der Waals surface area contributed by atoms with Gasteiger partial charge in [0.05, 0.1) is 12.7 Å². The fourth-order valence-electron chi connectivity index (χ4n) is 1.35. The van der Waals surface area contributed by atoms with Gasteiger partial charge < -0.3 is 16.2 Å². The molecule has 0 aliphatic rings. The van der Waals surface area contributed by atoms with E-state index in [-0.39, 0.29) is 24.5 Å². The van der Waals surface area contributed by atoms with E-state index in [4.69, 9.17) is 10.8 Å². The maximum atomic E-state index is 11.5. The summed E-state index contributed by atoms with van der Waals surface area (Å²) in [6.45, 7) is 3.70. The van der Waals surface area contributed by atoms with E-state index in [1.54, 1.807) is 0 Å². The normalized spacial score (nSPS) is 11.3. The Morgan fingerprint density at radius 2 is 2.21 bits per heavy atom. The summed E-state index contributed by atoms with van der Waals surface area (Å²) in [5.74, 6) is -1.11. The highest BCUT2D eigenvalue weighted by atomic mass is 16.4. The van der Waals surface area contributed by atoms with E-state index in [1.807, 2.05) is 13.8 Å². The fourth-order valence-corrected chi connectivity index (χ4v) is 1.35. The molecule has 0 saturated heterocycles. The highest BCUT2D eigenvalue weighted by Crippen LogP contribution is 2.06. The van der Waals surface area contributed by atoms with Crippen LogP contribution in [-0.4, -0.2) is 37.5 Å². The van der Waals surface area contributed by atoms with Gasteiger partial charge in [0.1, 0.15) is 12.2 Å². The fraction of sp³-hybridized carbons (Fsp3) is 0.636. The number of nitrogens with zero attached hydrogens (tertiary/aromatic N) is 3. The van der Waals surface area contributed by atoms with E-state index in [0.29, 0.717) is 18.5 Å². The molecule has 0 atom stereocenters. The molecule has 0 bridgehead atoms. The van der Waals surface area contributed by atoms with Crippen LogP contribution < -0.4 is 11.1 Å². The average Bonchev–Trinajstić information content (AvgIpc) is 2.69. The molecule has 0 saturated carbocycles. The van der Waals surface area contributed by atoms with Crippen LogP contribution in [0.5, 0.6) is 0 Å². The molecule has 0 radical (unpaired) electrons. The van der Waals surface area contributed by atoms with Crippen LogP contribution in [0.2, 0.25) is 0 Å². The van der Waals surface area contributed by atoms with Gasteiger partial charge in [0.2, 0.25) is 5.91 Å². The number of carbonyl (C=O) groups excluding carboxylic acids is 1. The van der Waals surface area contributed by atoms with Crippen molar-refractivity contribution in [3.8, 4) is 0 Å². The van der Waals surface area contributed by atoms with Gasteiger partial charge in [-0.1, -0.05) is 5.21 Å². The van der Waals surface area contributed by atoms with Crippen molar-refractivity contribution < 1.29 is 14.7 Å². The van der Waals surface area contributed by atoms with Crippen molar-refractivity contribution in [3.05, 3.63) is 11.9 Å². The Morgan fingerprint density at radius 3 is 2.79 bits per heavy atom. The average molecular weight is 269 g/mol. The molecule has 106 valence electrons. The van der Waals surface area contributed by atoms with Gasteiger partial charge in [0, 0.05) is 12.0 Å². The van der Waals surface area contributed by atoms with Crippen molar-refractivity contribution in [1.82, 2.24) is 20.3 Å². The molecule has 0 aromatic carbocycles. The van der Waals surface area contributed by atoms with Crippen LogP contribution >= 0.6 is 0 Å². The Morgan fingerprint density at radius 1 is 1.53 bits per heavy atom. The second-order valence-electron chi connectivity index (χ2n) is 5.07. The van der Waals surface area contributed by atoms with E-state index >= 15 is 0 Å². The molecule has 0 aliphatic heterocycles. The summed E-state index contributed by atoms with van der Waals surface area (Å²) in [5, 5.41) is 18.6. The Kier molecular flexibility index (Phi) is 4.99. The largest absolute Gasteiger partial charge is 0.480 e. The second kappa shape index (κ2) is 6.28. The van der Waals surface area contributed by atoms with E-state index in [9.17, 15) is 9.59 Å². The molecule has 8 nitrogen and oxygen atoms in total. The monoisotopic (exact) mass is 269 g/mol. The van der Waals surface area contributed by atoms with Crippen molar-refractivity contribution in [3.63, 3.8) is 0 Å². The Labute approximate surface area is 111 Å². The molecular weight excluding hydrogens is 250 g/mol. The molecule has 0 unspecified atom stereocenters. The number of carboxylic acids is 1. The predicted molar refractivity (Wildman–Crippen MR) is 67.0 cm³/mol. The molecule has 0 spiro atoms. The lowest BCUT2D eigenvalue weighted by atomic mass is 10.00. The van der Waals surface area contributed by atoms with Gasteiger partial charge in [-0.2, -0.15) is 0 Å². The zero-order valence-corrected chi connectivity index (χ0v) is 11.1. The maximum absolute atomic E-state index is 11.5. The van der Waals surface area contributed by atoms with E-state index < -0.39 is 5.97 Å². The zero-order chi connectivity index (χ0) is 14.5. The van der Waals surface area contributed by atoms with Gasteiger partial charge >= 0.3 is 5.97 Å². The van der Waals surface area contributed by atoms with Gasteiger partial charge in [0.15, 0.2) is 0 Å². The minimum absolute atomic E-state index is 0.119. The summed E-state index contributed by atoms with van der Waals surface area (Å²) in [5.41, 5.74) is 5.92. The van der Waals surface area contributed by atoms with Gasteiger partial charge in [-0.25, -0.2) is 4.68 Å². The third kappa shape index (κ3) is 6.51. The Balaban J connectivity index is 2.34. The van der Waals surface area contributed by atoms with Crippen LogP contribution in [0.3, 0.4) is 0 Å². The summed E-state index contributed by atoms with van der Waals surface area (Å²) < 4.78 is 1.20. The van der Waals surface area contributed by atoms with E-state index in [0.717, 1.165) is 0 Å².